The second-order valence-corrected chi connectivity index (χ2v) is 9.93. The molecule has 5 aromatic carbocycles. The Morgan fingerprint density at radius 3 is 1.45 bits per heavy atom. The van der Waals surface area contributed by atoms with E-state index in [4.69, 9.17) is 0 Å². The lowest BCUT2D eigenvalue weighted by atomic mass is 9.93. The Kier molecular flexibility index (Phi) is 7.10. The Morgan fingerprint density at radius 1 is 0.447 bits per heavy atom. The third-order valence-electron chi connectivity index (χ3n) is 7.16. The van der Waals surface area contributed by atoms with E-state index in [1.165, 1.54) is 22.3 Å². The van der Waals surface area contributed by atoms with Gasteiger partial charge in [0, 0.05) is 28.3 Å². The van der Waals surface area contributed by atoms with Crippen LogP contribution in [0, 0.1) is 27.7 Å². The van der Waals surface area contributed by atoms with Crippen LogP contribution in [-0.4, -0.2) is 6.29 Å². The molecule has 0 heterocycles. The number of benzene rings is 5. The van der Waals surface area contributed by atoms with Crippen LogP contribution in [0.5, 0.6) is 0 Å². The highest BCUT2D eigenvalue weighted by Gasteiger charge is 2.11. The zero-order valence-corrected chi connectivity index (χ0v) is 22.3. The largest absolute Gasteiger partial charge is 0.356 e. The summed E-state index contributed by atoms with van der Waals surface area (Å²) in [5.74, 6) is 0. The molecule has 2 N–H and O–H groups in total. The fourth-order valence-electron chi connectivity index (χ4n) is 4.56. The Bertz CT molecular complexity index is 1600. The van der Waals surface area contributed by atoms with Gasteiger partial charge in [-0.3, -0.25) is 4.79 Å². The maximum Gasteiger partial charge on any atom is 0.150 e. The molecular weight excluding hydrogens is 464 g/mol. The van der Waals surface area contributed by atoms with Crippen LogP contribution in [0.15, 0.2) is 103 Å². The van der Waals surface area contributed by atoms with Crippen LogP contribution in [0.4, 0.5) is 22.7 Å². The van der Waals surface area contributed by atoms with Crippen molar-refractivity contribution in [2.24, 2.45) is 0 Å². The Morgan fingerprint density at radius 2 is 0.895 bits per heavy atom. The van der Waals surface area contributed by atoms with Crippen LogP contribution in [-0.2, 0) is 0 Å². The zero-order valence-electron chi connectivity index (χ0n) is 22.3. The van der Waals surface area contributed by atoms with Gasteiger partial charge in [-0.2, -0.15) is 0 Å². The smallest absolute Gasteiger partial charge is 0.150 e. The Hall–Kier alpha value is -4.63. The summed E-state index contributed by atoms with van der Waals surface area (Å²) < 4.78 is 0. The number of hydrogen-bond acceptors (Lipinski definition) is 3. The first-order valence-corrected chi connectivity index (χ1v) is 12.9. The van der Waals surface area contributed by atoms with Crippen molar-refractivity contribution in [2.75, 3.05) is 10.6 Å². The lowest BCUT2D eigenvalue weighted by Gasteiger charge is -2.16. The summed E-state index contributed by atoms with van der Waals surface area (Å²) >= 11 is 0. The monoisotopic (exact) mass is 496 g/mol. The van der Waals surface area contributed by atoms with Gasteiger partial charge >= 0.3 is 0 Å². The standard InChI is InChI=1S/C35H32N2O/c1-23-5-13-31(19-25(23)3)36-30-15-11-28(12-16-30)34-18-17-33(37-32-14-6-24(2)26(4)20-32)21-35(34)29-9-7-27(22-38)8-10-29/h5-22,36-37H,1-4H3. The average Bonchev–Trinajstić information content (AvgIpc) is 2.93. The number of carbonyl (C=O) groups is 1. The highest BCUT2D eigenvalue weighted by atomic mass is 16.1. The molecule has 0 saturated heterocycles. The SMILES string of the molecule is Cc1ccc(Nc2ccc(-c3ccc(Nc4ccc(C)c(C)c4)cc3-c3ccc(C=O)cc3)cc2)cc1C. The molecule has 0 atom stereocenters. The van der Waals surface area contributed by atoms with Crippen LogP contribution in [0.2, 0.25) is 0 Å². The second-order valence-electron chi connectivity index (χ2n) is 9.93. The van der Waals surface area contributed by atoms with Gasteiger partial charge in [-0.05, 0) is 121 Å². The molecular formula is C35H32N2O. The number of hydrogen-bond donors (Lipinski definition) is 2. The first-order chi connectivity index (χ1) is 18.4. The highest BCUT2D eigenvalue weighted by Crippen LogP contribution is 2.36. The molecule has 3 heteroatoms. The number of rotatable bonds is 7. The number of aryl methyl sites for hydroxylation is 4. The number of carbonyl (C=O) groups excluding carboxylic acids is 1. The molecule has 3 nitrogen and oxygen atoms in total. The first-order valence-electron chi connectivity index (χ1n) is 12.9. The molecule has 38 heavy (non-hydrogen) atoms. The van der Waals surface area contributed by atoms with Crippen molar-refractivity contribution in [1.29, 1.82) is 0 Å². The van der Waals surface area contributed by atoms with Crippen molar-refractivity contribution in [3.63, 3.8) is 0 Å². The molecule has 0 fully saturated rings. The average molecular weight is 497 g/mol. The molecule has 5 aromatic rings. The van der Waals surface area contributed by atoms with Crippen molar-refractivity contribution < 1.29 is 4.79 Å². The van der Waals surface area contributed by atoms with E-state index in [2.05, 4.69) is 117 Å². The summed E-state index contributed by atoms with van der Waals surface area (Å²) in [5.41, 5.74) is 14.4. The van der Waals surface area contributed by atoms with Crippen molar-refractivity contribution in [3.8, 4) is 22.3 Å². The predicted octanol–water partition coefficient (Wildman–Crippen LogP) is 9.55. The van der Waals surface area contributed by atoms with Crippen LogP contribution >= 0.6 is 0 Å². The van der Waals surface area contributed by atoms with Crippen molar-refractivity contribution in [3.05, 3.63) is 131 Å². The molecule has 0 spiro atoms. The van der Waals surface area contributed by atoms with Crippen molar-refractivity contribution >= 4 is 29.0 Å². The molecule has 0 aliphatic carbocycles. The minimum atomic E-state index is 0.668. The van der Waals surface area contributed by atoms with Gasteiger partial charge in [0.2, 0.25) is 0 Å². The molecule has 0 aromatic heterocycles. The van der Waals surface area contributed by atoms with Gasteiger partial charge in [-0.15, -0.1) is 0 Å². The maximum atomic E-state index is 11.2. The summed E-state index contributed by atoms with van der Waals surface area (Å²) in [5, 5.41) is 7.07. The van der Waals surface area contributed by atoms with Crippen molar-refractivity contribution in [1.82, 2.24) is 0 Å². The predicted molar refractivity (Wildman–Crippen MR) is 161 cm³/mol. The summed E-state index contributed by atoms with van der Waals surface area (Å²) in [6.45, 7) is 8.51. The molecule has 188 valence electrons. The van der Waals surface area contributed by atoms with E-state index in [0.29, 0.717) is 5.56 Å². The Labute approximate surface area is 225 Å². The van der Waals surface area contributed by atoms with E-state index in [9.17, 15) is 4.79 Å². The number of aldehydes is 1. The minimum absolute atomic E-state index is 0.668. The third kappa shape index (κ3) is 5.52. The van der Waals surface area contributed by atoms with Crippen LogP contribution in [0.1, 0.15) is 32.6 Å². The summed E-state index contributed by atoms with van der Waals surface area (Å²) in [7, 11) is 0. The van der Waals surface area contributed by atoms with E-state index < -0.39 is 0 Å². The molecule has 0 bridgehead atoms. The minimum Gasteiger partial charge on any atom is -0.356 e. The van der Waals surface area contributed by atoms with Gasteiger partial charge in [0.05, 0.1) is 0 Å². The quantitative estimate of drug-likeness (QED) is 0.220. The number of nitrogens with one attached hydrogen (secondary N) is 2. The van der Waals surface area contributed by atoms with E-state index in [0.717, 1.165) is 51.3 Å². The van der Waals surface area contributed by atoms with E-state index in [1.54, 1.807) is 0 Å². The highest BCUT2D eigenvalue weighted by molar-refractivity contribution is 5.88. The van der Waals surface area contributed by atoms with Gasteiger partial charge in [0.1, 0.15) is 6.29 Å². The lowest BCUT2D eigenvalue weighted by Crippen LogP contribution is -1.95. The van der Waals surface area contributed by atoms with E-state index in [-0.39, 0.29) is 0 Å². The maximum absolute atomic E-state index is 11.2. The molecule has 0 saturated carbocycles. The molecule has 0 amide bonds. The summed E-state index contributed by atoms with van der Waals surface area (Å²) in [6, 6.07) is 35.6. The molecule has 0 aliphatic heterocycles. The van der Waals surface area contributed by atoms with E-state index in [1.807, 2.05) is 24.3 Å². The first kappa shape index (κ1) is 25.0. The number of anilines is 4. The topological polar surface area (TPSA) is 41.1 Å². The van der Waals surface area contributed by atoms with E-state index >= 15 is 0 Å². The van der Waals surface area contributed by atoms with Gasteiger partial charge in [-0.25, -0.2) is 0 Å². The summed E-state index contributed by atoms with van der Waals surface area (Å²) in [4.78, 5) is 11.2. The van der Waals surface area contributed by atoms with Crippen LogP contribution < -0.4 is 10.6 Å². The van der Waals surface area contributed by atoms with Gasteiger partial charge in [-0.1, -0.05) is 54.6 Å². The van der Waals surface area contributed by atoms with Crippen LogP contribution in [0.3, 0.4) is 0 Å². The van der Waals surface area contributed by atoms with Gasteiger partial charge < -0.3 is 10.6 Å². The summed E-state index contributed by atoms with van der Waals surface area (Å²) in [6.07, 6.45) is 0.879. The third-order valence-corrected chi connectivity index (χ3v) is 7.16. The fourth-order valence-corrected chi connectivity index (χ4v) is 4.56. The fraction of sp³-hybridized carbons (Fsp3) is 0.114. The van der Waals surface area contributed by atoms with Crippen molar-refractivity contribution in [2.45, 2.75) is 27.7 Å². The van der Waals surface area contributed by atoms with Gasteiger partial charge in [0.25, 0.3) is 0 Å². The van der Waals surface area contributed by atoms with Crippen LogP contribution in [0.25, 0.3) is 22.3 Å². The molecule has 0 radical (unpaired) electrons. The molecule has 5 rings (SSSR count). The lowest BCUT2D eigenvalue weighted by molar-refractivity contribution is 0.112. The van der Waals surface area contributed by atoms with Gasteiger partial charge in [0.15, 0.2) is 0 Å². The second kappa shape index (κ2) is 10.8. The Balaban J connectivity index is 1.49. The normalized spacial score (nSPS) is 10.7. The molecule has 0 aliphatic rings. The zero-order chi connectivity index (χ0) is 26.6. The molecule has 0 unspecified atom stereocenters.